The molecule has 0 bridgehead atoms. The zero-order valence-corrected chi connectivity index (χ0v) is 9.39. The van der Waals surface area contributed by atoms with E-state index in [9.17, 15) is 0 Å². The molecule has 0 heterocycles. The molecule has 1 aromatic carbocycles. The van der Waals surface area contributed by atoms with Gasteiger partial charge in [0.25, 0.3) is 0 Å². The van der Waals surface area contributed by atoms with Crippen LogP contribution in [0.5, 0.6) is 0 Å². The fourth-order valence-corrected chi connectivity index (χ4v) is 1.53. The van der Waals surface area contributed by atoms with Gasteiger partial charge in [-0.15, -0.1) is 0 Å². The highest BCUT2D eigenvalue weighted by molar-refractivity contribution is 6.42. The quantitative estimate of drug-likeness (QED) is 0.756. The Bertz CT molecular complexity index is 334. The lowest BCUT2D eigenvalue weighted by atomic mass is 9.98. The van der Waals surface area contributed by atoms with Crippen molar-refractivity contribution < 1.29 is 5.11 Å². The molecular formula is C11H12Cl2O. The average molecular weight is 231 g/mol. The van der Waals surface area contributed by atoms with E-state index in [0.29, 0.717) is 16.0 Å². The van der Waals surface area contributed by atoms with E-state index >= 15 is 0 Å². The fourth-order valence-electron chi connectivity index (χ4n) is 1.22. The van der Waals surface area contributed by atoms with Crippen LogP contribution in [0.1, 0.15) is 24.8 Å². The van der Waals surface area contributed by atoms with Crippen LogP contribution in [0.3, 0.4) is 0 Å². The van der Waals surface area contributed by atoms with Crippen LogP contribution in [0.2, 0.25) is 10.0 Å². The van der Waals surface area contributed by atoms with Crippen molar-refractivity contribution in [1.29, 1.82) is 0 Å². The highest BCUT2D eigenvalue weighted by Crippen LogP contribution is 2.27. The first-order valence-electron chi connectivity index (χ1n) is 4.39. The van der Waals surface area contributed by atoms with Crippen LogP contribution in [0.4, 0.5) is 0 Å². The van der Waals surface area contributed by atoms with E-state index in [2.05, 4.69) is 6.92 Å². The summed E-state index contributed by atoms with van der Waals surface area (Å²) in [7, 11) is 0. The molecule has 0 aromatic heterocycles. The summed E-state index contributed by atoms with van der Waals surface area (Å²) in [6.45, 7) is 2.07. The molecule has 1 rings (SSSR count). The van der Waals surface area contributed by atoms with E-state index < -0.39 is 0 Å². The lowest BCUT2D eigenvalue weighted by Gasteiger charge is -2.09. The second kappa shape index (κ2) is 5.28. The van der Waals surface area contributed by atoms with Gasteiger partial charge in [0.15, 0.2) is 0 Å². The van der Waals surface area contributed by atoms with Gasteiger partial charge in [-0.3, -0.25) is 0 Å². The number of halogens is 2. The molecule has 14 heavy (non-hydrogen) atoms. The second-order valence-electron chi connectivity index (χ2n) is 3.20. The van der Waals surface area contributed by atoms with Gasteiger partial charge in [0, 0.05) is 0 Å². The van der Waals surface area contributed by atoms with Crippen LogP contribution in [-0.2, 0) is 0 Å². The highest BCUT2D eigenvalue weighted by atomic mass is 35.5. The Morgan fingerprint density at radius 1 is 1.36 bits per heavy atom. The van der Waals surface area contributed by atoms with Crippen molar-refractivity contribution in [3.8, 4) is 0 Å². The average Bonchev–Trinajstić information content (AvgIpc) is 2.18. The smallest absolute Gasteiger partial charge is 0.0751 e. The SMILES string of the molecule is CC(CC=CO)c1ccc(Cl)c(Cl)c1. The summed E-state index contributed by atoms with van der Waals surface area (Å²) in [5, 5.41) is 9.68. The van der Waals surface area contributed by atoms with E-state index in [1.165, 1.54) is 0 Å². The van der Waals surface area contributed by atoms with Crippen molar-refractivity contribution in [2.45, 2.75) is 19.3 Å². The Kier molecular flexibility index (Phi) is 4.30. The number of allylic oxidation sites excluding steroid dienone is 1. The number of hydrogen-bond donors (Lipinski definition) is 1. The Morgan fingerprint density at radius 3 is 2.64 bits per heavy atom. The van der Waals surface area contributed by atoms with Gasteiger partial charge in [-0.25, -0.2) is 0 Å². The number of aliphatic hydroxyl groups excluding tert-OH is 1. The van der Waals surface area contributed by atoms with E-state index in [4.69, 9.17) is 28.3 Å². The number of benzene rings is 1. The maximum absolute atomic E-state index is 8.53. The fraction of sp³-hybridized carbons (Fsp3) is 0.273. The van der Waals surface area contributed by atoms with Gasteiger partial charge in [-0.1, -0.05) is 36.2 Å². The summed E-state index contributed by atoms with van der Waals surface area (Å²) in [5.41, 5.74) is 1.12. The van der Waals surface area contributed by atoms with Gasteiger partial charge in [0.05, 0.1) is 16.3 Å². The van der Waals surface area contributed by atoms with Crippen molar-refractivity contribution >= 4 is 23.2 Å². The minimum Gasteiger partial charge on any atom is -0.516 e. The molecule has 0 aliphatic carbocycles. The van der Waals surface area contributed by atoms with E-state index in [-0.39, 0.29) is 0 Å². The lowest BCUT2D eigenvalue weighted by molar-refractivity contribution is 0.469. The van der Waals surface area contributed by atoms with Gasteiger partial charge in [-0.05, 0) is 36.1 Å². The molecule has 0 aliphatic heterocycles. The molecule has 3 heteroatoms. The Hall–Kier alpha value is -0.660. The first-order valence-corrected chi connectivity index (χ1v) is 5.15. The summed E-state index contributed by atoms with van der Waals surface area (Å²) in [6, 6.07) is 5.60. The maximum atomic E-state index is 8.53. The van der Waals surface area contributed by atoms with Crippen LogP contribution in [0.25, 0.3) is 0 Å². The minimum absolute atomic E-state index is 0.327. The summed E-state index contributed by atoms with van der Waals surface area (Å²) >= 11 is 11.7. The molecule has 1 nitrogen and oxygen atoms in total. The van der Waals surface area contributed by atoms with Crippen molar-refractivity contribution in [3.05, 3.63) is 46.1 Å². The number of aliphatic hydroxyl groups is 1. The monoisotopic (exact) mass is 230 g/mol. The Labute approximate surface area is 94.0 Å². The molecule has 0 saturated heterocycles. The summed E-state index contributed by atoms with van der Waals surface area (Å²) < 4.78 is 0. The van der Waals surface area contributed by atoms with E-state index in [1.807, 2.05) is 12.1 Å². The third-order valence-electron chi connectivity index (χ3n) is 2.11. The van der Waals surface area contributed by atoms with Crippen molar-refractivity contribution in [2.75, 3.05) is 0 Å². The normalized spacial score (nSPS) is 13.4. The molecule has 0 fully saturated rings. The first-order chi connectivity index (χ1) is 6.65. The van der Waals surface area contributed by atoms with Gasteiger partial charge < -0.3 is 5.11 Å². The minimum atomic E-state index is 0.327. The molecule has 0 amide bonds. The van der Waals surface area contributed by atoms with Gasteiger partial charge in [0.2, 0.25) is 0 Å². The Balaban J connectivity index is 2.80. The summed E-state index contributed by atoms with van der Waals surface area (Å²) in [6.07, 6.45) is 3.57. The third-order valence-corrected chi connectivity index (χ3v) is 2.85. The standard InChI is InChI=1S/C11H12Cl2O/c1-8(3-2-6-14)9-4-5-10(12)11(13)7-9/h2,4-8,14H,3H2,1H3. The molecule has 1 atom stereocenters. The van der Waals surface area contributed by atoms with Crippen LogP contribution in [-0.4, -0.2) is 5.11 Å². The molecule has 1 unspecified atom stereocenters. The number of hydrogen-bond acceptors (Lipinski definition) is 1. The predicted octanol–water partition coefficient (Wildman–Crippen LogP) is 4.56. The van der Waals surface area contributed by atoms with Gasteiger partial charge >= 0.3 is 0 Å². The van der Waals surface area contributed by atoms with Gasteiger partial charge in [-0.2, -0.15) is 0 Å². The Morgan fingerprint density at radius 2 is 2.07 bits per heavy atom. The van der Waals surface area contributed by atoms with E-state index in [1.54, 1.807) is 12.1 Å². The van der Waals surface area contributed by atoms with Crippen LogP contribution < -0.4 is 0 Å². The lowest BCUT2D eigenvalue weighted by Crippen LogP contribution is -1.91. The summed E-state index contributed by atoms with van der Waals surface area (Å²) in [5.74, 6) is 0.327. The molecule has 0 spiro atoms. The topological polar surface area (TPSA) is 20.2 Å². The predicted molar refractivity (Wildman–Crippen MR) is 61.3 cm³/mol. The molecule has 1 N–H and O–H groups in total. The van der Waals surface area contributed by atoms with E-state index in [0.717, 1.165) is 18.2 Å². The highest BCUT2D eigenvalue weighted by Gasteiger charge is 2.05. The molecular weight excluding hydrogens is 219 g/mol. The van der Waals surface area contributed by atoms with Crippen molar-refractivity contribution in [2.24, 2.45) is 0 Å². The second-order valence-corrected chi connectivity index (χ2v) is 4.01. The zero-order chi connectivity index (χ0) is 10.6. The molecule has 0 radical (unpaired) electrons. The third kappa shape index (κ3) is 2.93. The maximum Gasteiger partial charge on any atom is 0.0751 e. The van der Waals surface area contributed by atoms with Gasteiger partial charge in [0.1, 0.15) is 0 Å². The van der Waals surface area contributed by atoms with Crippen LogP contribution in [0.15, 0.2) is 30.5 Å². The first kappa shape index (κ1) is 11.4. The number of rotatable bonds is 3. The molecule has 1 aromatic rings. The van der Waals surface area contributed by atoms with Crippen molar-refractivity contribution in [1.82, 2.24) is 0 Å². The molecule has 0 saturated carbocycles. The molecule has 76 valence electrons. The van der Waals surface area contributed by atoms with Crippen LogP contribution >= 0.6 is 23.2 Å². The largest absolute Gasteiger partial charge is 0.516 e. The van der Waals surface area contributed by atoms with Crippen LogP contribution in [0, 0.1) is 0 Å². The summed E-state index contributed by atoms with van der Waals surface area (Å²) in [4.78, 5) is 0. The molecule has 0 aliphatic rings. The zero-order valence-electron chi connectivity index (χ0n) is 7.87. The van der Waals surface area contributed by atoms with Crippen molar-refractivity contribution in [3.63, 3.8) is 0 Å².